The fraction of sp³-hybridized carbons (Fsp3) is 0.438. The number of aryl methyl sites for hydroxylation is 1. The Morgan fingerprint density at radius 3 is 2.27 bits per heavy atom. The van der Waals surface area contributed by atoms with E-state index < -0.39 is 11.0 Å². The molecule has 2 aromatic rings. The van der Waals surface area contributed by atoms with Crippen LogP contribution in [0.25, 0.3) is 11.3 Å². The van der Waals surface area contributed by atoms with Crippen molar-refractivity contribution >= 4 is 22.4 Å². The van der Waals surface area contributed by atoms with Gasteiger partial charge in [-0.05, 0) is 12.1 Å². The smallest absolute Gasteiger partial charge is 0.116 e. The Morgan fingerprint density at radius 2 is 1.82 bits per heavy atom. The van der Waals surface area contributed by atoms with Gasteiger partial charge in [-0.3, -0.25) is 4.31 Å². The topological polar surface area (TPSA) is 64.2 Å². The first-order valence-electron chi connectivity index (χ1n) is 7.44. The molecular weight excluding hydrogens is 296 g/mol. The second-order valence-electron chi connectivity index (χ2n) is 4.12. The molecular formula is C16H28N4OS. The lowest BCUT2D eigenvalue weighted by Crippen LogP contribution is -2.19. The molecule has 6 heteroatoms. The fourth-order valence-corrected chi connectivity index (χ4v) is 2.11. The van der Waals surface area contributed by atoms with Crippen LogP contribution < -0.4 is 10.0 Å². The van der Waals surface area contributed by atoms with Gasteiger partial charge in [-0.15, -0.1) is 0 Å². The van der Waals surface area contributed by atoms with Crippen molar-refractivity contribution in [2.75, 3.05) is 23.3 Å². The standard InChI is InChI=1S/C12H16N4OS.2C2H6/c1-15-7-11(14-8-15)9-4-5-10(13)12(6-9)16(2)18(3)17;2*1-2/h4-8H,13H2,1-3H3;2*1-2H3. The molecule has 0 fully saturated rings. The first-order valence-corrected chi connectivity index (χ1v) is 8.95. The van der Waals surface area contributed by atoms with Crippen molar-refractivity contribution in [3.63, 3.8) is 0 Å². The molecule has 0 aliphatic heterocycles. The van der Waals surface area contributed by atoms with E-state index in [9.17, 15) is 4.21 Å². The molecule has 2 N–H and O–H groups in total. The van der Waals surface area contributed by atoms with Gasteiger partial charge in [0.2, 0.25) is 0 Å². The van der Waals surface area contributed by atoms with Gasteiger partial charge in [-0.2, -0.15) is 0 Å². The average Bonchev–Trinajstić information content (AvgIpc) is 2.97. The highest BCUT2D eigenvalue weighted by molar-refractivity contribution is 7.85. The summed E-state index contributed by atoms with van der Waals surface area (Å²) in [5.41, 5.74) is 9.09. The molecule has 5 nitrogen and oxygen atoms in total. The number of aromatic nitrogens is 2. The molecule has 1 heterocycles. The summed E-state index contributed by atoms with van der Waals surface area (Å²) in [6.45, 7) is 8.00. The Kier molecular flexibility index (Phi) is 9.17. The number of rotatable bonds is 3. The molecule has 1 unspecified atom stereocenters. The Hall–Kier alpha value is -1.82. The molecule has 0 radical (unpaired) electrons. The minimum Gasteiger partial charge on any atom is -0.397 e. The van der Waals surface area contributed by atoms with Crippen LogP contribution in [0.5, 0.6) is 0 Å². The summed E-state index contributed by atoms with van der Waals surface area (Å²) in [7, 11) is 2.57. The largest absolute Gasteiger partial charge is 0.397 e. The third kappa shape index (κ3) is 5.18. The number of nitrogens with two attached hydrogens (primary N) is 1. The highest BCUT2D eigenvalue weighted by Crippen LogP contribution is 2.29. The van der Waals surface area contributed by atoms with Crippen molar-refractivity contribution in [1.29, 1.82) is 0 Å². The summed E-state index contributed by atoms with van der Waals surface area (Å²) in [5, 5.41) is 0. The fourth-order valence-electron chi connectivity index (χ4n) is 1.68. The Balaban J connectivity index is 0.00000102. The van der Waals surface area contributed by atoms with E-state index in [-0.39, 0.29) is 0 Å². The van der Waals surface area contributed by atoms with Crippen molar-refractivity contribution in [2.24, 2.45) is 7.05 Å². The van der Waals surface area contributed by atoms with Gasteiger partial charge in [0.05, 0.1) is 23.4 Å². The van der Waals surface area contributed by atoms with Gasteiger partial charge in [0, 0.05) is 32.1 Å². The quantitative estimate of drug-likeness (QED) is 0.880. The average molecular weight is 324 g/mol. The molecule has 1 atom stereocenters. The van der Waals surface area contributed by atoms with Crippen molar-refractivity contribution in [2.45, 2.75) is 27.7 Å². The van der Waals surface area contributed by atoms with E-state index in [1.165, 1.54) is 0 Å². The number of imidazole rings is 1. The van der Waals surface area contributed by atoms with Crippen molar-refractivity contribution in [1.82, 2.24) is 9.55 Å². The molecule has 124 valence electrons. The highest BCUT2D eigenvalue weighted by Gasteiger charge is 2.11. The van der Waals surface area contributed by atoms with Gasteiger partial charge in [0.25, 0.3) is 0 Å². The summed E-state index contributed by atoms with van der Waals surface area (Å²) in [6.07, 6.45) is 5.29. The number of hydrogen-bond donors (Lipinski definition) is 1. The van der Waals surface area contributed by atoms with Crippen molar-refractivity contribution in [3.8, 4) is 11.3 Å². The maximum Gasteiger partial charge on any atom is 0.116 e. The maximum atomic E-state index is 11.5. The lowest BCUT2D eigenvalue weighted by molar-refractivity contribution is 0.685. The van der Waals surface area contributed by atoms with E-state index in [0.717, 1.165) is 16.9 Å². The van der Waals surface area contributed by atoms with Gasteiger partial charge in [0.15, 0.2) is 0 Å². The van der Waals surface area contributed by atoms with Crippen LogP contribution in [0.1, 0.15) is 27.7 Å². The second kappa shape index (κ2) is 10.00. The van der Waals surface area contributed by atoms with Crippen LogP contribution in [0, 0.1) is 0 Å². The summed E-state index contributed by atoms with van der Waals surface area (Å²) in [5.74, 6) is 0. The molecule has 0 aliphatic carbocycles. The number of nitrogen functional groups attached to an aromatic ring is 1. The van der Waals surface area contributed by atoms with E-state index in [2.05, 4.69) is 4.98 Å². The Labute approximate surface area is 136 Å². The zero-order chi connectivity index (χ0) is 17.3. The first kappa shape index (κ1) is 20.2. The molecule has 0 saturated carbocycles. The lowest BCUT2D eigenvalue weighted by Gasteiger charge is -2.18. The zero-order valence-electron chi connectivity index (χ0n) is 14.6. The first-order chi connectivity index (χ1) is 10.5. The van der Waals surface area contributed by atoms with Crippen LogP contribution in [0.3, 0.4) is 0 Å². The predicted octanol–water partition coefficient (Wildman–Crippen LogP) is 3.45. The Bertz CT molecular complexity index is 596. The van der Waals surface area contributed by atoms with Gasteiger partial charge < -0.3 is 10.3 Å². The minimum absolute atomic E-state index is 0.604. The van der Waals surface area contributed by atoms with Gasteiger partial charge in [0.1, 0.15) is 11.0 Å². The molecule has 0 saturated heterocycles. The molecule has 0 amide bonds. The number of benzene rings is 1. The Morgan fingerprint density at radius 1 is 1.23 bits per heavy atom. The van der Waals surface area contributed by atoms with Crippen molar-refractivity contribution in [3.05, 3.63) is 30.7 Å². The van der Waals surface area contributed by atoms with Crippen molar-refractivity contribution < 1.29 is 4.21 Å². The van der Waals surface area contributed by atoms with E-state index >= 15 is 0 Å². The number of nitrogens with zero attached hydrogens (tertiary/aromatic N) is 3. The van der Waals surface area contributed by atoms with E-state index in [1.54, 1.807) is 23.9 Å². The van der Waals surface area contributed by atoms with Crippen LogP contribution in [0.2, 0.25) is 0 Å². The molecule has 2 rings (SSSR count). The van der Waals surface area contributed by atoms with Crippen LogP contribution in [0.4, 0.5) is 11.4 Å². The molecule has 0 bridgehead atoms. The monoisotopic (exact) mass is 324 g/mol. The molecule has 0 spiro atoms. The van der Waals surface area contributed by atoms with E-state index in [1.807, 2.05) is 63.7 Å². The van der Waals surface area contributed by atoms with Gasteiger partial charge in [-0.25, -0.2) is 9.19 Å². The predicted molar refractivity (Wildman–Crippen MR) is 98.2 cm³/mol. The molecule has 0 aliphatic rings. The zero-order valence-corrected chi connectivity index (χ0v) is 15.4. The van der Waals surface area contributed by atoms with Crippen LogP contribution in [0.15, 0.2) is 30.7 Å². The summed E-state index contributed by atoms with van der Waals surface area (Å²) >= 11 is 0. The number of anilines is 2. The summed E-state index contributed by atoms with van der Waals surface area (Å²) in [4.78, 5) is 4.29. The highest BCUT2D eigenvalue weighted by atomic mass is 32.2. The van der Waals surface area contributed by atoms with Gasteiger partial charge in [-0.1, -0.05) is 33.8 Å². The minimum atomic E-state index is -1.10. The van der Waals surface area contributed by atoms with Crippen LogP contribution in [-0.2, 0) is 18.0 Å². The van der Waals surface area contributed by atoms with Gasteiger partial charge >= 0.3 is 0 Å². The molecule has 22 heavy (non-hydrogen) atoms. The second-order valence-corrected chi connectivity index (χ2v) is 5.51. The SMILES string of the molecule is CC.CC.CN(c1cc(-c2cn(C)cn2)ccc1N)S(C)=O. The van der Waals surface area contributed by atoms with Crippen LogP contribution >= 0.6 is 0 Å². The summed E-state index contributed by atoms with van der Waals surface area (Å²) in [6, 6.07) is 5.62. The normalized spacial score (nSPS) is 10.7. The van der Waals surface area contributed by atoms with E-state index in [0.29, 0.717) is 5.69 Å². The summed E-state index contributed by atoms with van der Waals surface area (Å²) < 4.78 is 15.0. The van der Waals surface area contributed by atoms with E-state index in [4.69, 9.17) is 5.73 Å². The third-order valence-electron chi connectivity index (χ3n) is 2.76. The number of hydrogen-bond acceptors (Lipinski definition) is 3. The lowest BCUT2D eigenvalue weighted by atomic mass is 10.1. The molecule has 1 aromatic carbocycles. The maximum absolute atomic E-state index is 11.5. The third-order valence-corrected chi connectivity index (χ3v) is 3.72. The van der Waals surface area contributed by atoms with Crippen LogP contribution in [-0.4, -0.2) is 27.1 Å². The molecule has 1 aromatic heterocycles.